The zero-order valence-corrected chi connectivity index (χ0v) is 46.6. The van der Waals surface area contributed by atoms with Gasteiger partial charge < -0.3 is 45.4 Å². The first kappa shape index (κ1) is 57.2. The van der Waals surface area contributed by atoms with Crippen LogP contribution in [0.25, 0.3) is 51.7 Å². The Kier molecular flexibility index (Phi) is 18.6. The van der Waals surface area contributed by atoms with Crippen LogP contribution in [0.4, 0.5) is 17.8 Å². The van der Waals surface area contributed by atoms with E-state index in [-0.39, 0.29) is 24.5 Å². The van der Waals surface area contributed by atoms with Gasteiger partial charge in [-0.05, 0) is 106 Å². The van der Waals surface area contributed by atoms with E-state index in [1.807, 2.05) is 113 Å². The predicted octanol–water partition coefficient (Wildman–Crippen LogP) is 8.33. The number of fused-ring (bicyclic) bond motifs is 3. The highest BCUT2D eigenvalue weighted by Gasteiger charge is 2.20. The second-order valence-corrected chi connectivity index (χ2v) is 18.9. The monoisotopic (exact) mass is 1130 g/mol. The number of alkyl halides is 1. The van der Waals surface area contributed by atoms with E-state index >= 15 is 0 Å². The number of aryl methyl sites for hydroxylation is 3. The van der Waals surface area contributed by atoms with E-state index in [1.54, 1.807) is 38.2 Å². The van der Waals surface area contributed by atoms with Crippen LogP contribution >= 0.6 is 11.6 Å². The molecule has 0 atom stereocenters. The molecular weight excluding hydrogens is 1070 g/mol. The molecule has 12 aromatic rings. The van der Waals surface area contributed by atoms with Gasteiger partial charge in [-0.3, -0.25) is 15.0 Å². The fourth-order valence-corrected chi connectivity index (χ4v) is 8.52. The highest BCUT2D eigenvalue weighted by atomic mass is 35.5. The van der Waals surface area contributed by atoms with Gasteiger partial charge in [0.25, 0.3) is 0 Å². The van der Waals surface area contributed by atoms with Gasteiger partial charge in [0.1, 0.15) is 17.3 Å². The summed E-state index contributed by atoms with van der Waals surface area (Å²) in [5.41, 5.74) is 27.3. The SMILES string of the molecule is CCCO.CCCOCc1cccc(Cc2cnn3c(-c4ccc(C)o4)nc(N)nc23)n1.Cc1ccc(-c2nc(N)nc3c(Cc4cccc(CCl)n4)cnn23)o1.Cc1ccc(-c2nc(N)nc3c(Cc4cccc(CO)n4)cnn23)o1. The summed E-state index contributed by atoms with van der Waals surface area (Å²) in [4.78, 5) is 39.5. The lowest BCUT2D eigenvalue weighted by Gasteiger charge is -2.06. The van der Waals surface area contributed by atoms with Crippen molar-refractivity contribution in [2.45, 2.75) is 85.8 Å². The Bertz CT molecular complexity index is 3900. The first-order chi connectivity index (χ1) is 39.8. The largest absolute Gasteiger partial charge is 0.458 e. The lowest BCUT2D eigenvalue weighted by molar-refractivity contribution is 0.119. The van der Waals surface area contributed by atoms with Gasteiger partial charge in [0.15, 0.2) is 34.2 Å². The van der Waals surface area contributed by atoms with Crippen molar-refractivity contribution in [3.63, 3.8) is 0 Å². The quantitative estimate of drug-likeness (QED) is 0.0448. The Balaban J connectivity index is 0.000000144. The first-order valence-electron chi connectivity index (χ1n) is 26.2. The lowest BCUT2D eigenvalue weighted by Crippen LogP contribution is -2.05. The number of anilines is 3. The van der Waals surface area contributed by atoms with E-state index in [0.717, 1.165) is 81.9 Å². The molecule has 0 fully saturated rings. The van der Waals surface area contributed by atoms with Crippen molar-refractivity contribution < 1.29 is 28.2 Å². The third-order valence-corrected chi connectivity index (χ3v) is 12.4. The Morgan fingerprint density at radius 2 is 0.817 bits per heavy atom. The van der Waals surface area contributed by atoms with Crippen LogP contribution in [0.1, 0.15) is 94.8 Å². The number of aliphatic hydroxyl groups is 2. The van der Waals surface area contributed by atoms with Crippen molar-refractivity contribution in [1.29, 1.82) is 0 Å². The van der Waals surface area contributed by atoms with Gasteiger partial charge in [-0.1, -0.05) is 32.0 Å². The molecule has 12 aromatic heterocycles. The van der Waals surface area contributed by atoms with Gasteiger partial charge in [0, 0.05) is 66.2 Å². The van der Waals surface area contributed by atoms with Gasteiger partial charge >= 0.3 is 0 Å². The topological polar surface area (TPSA) is 335 Å². The number of nitrogens with zero attached hydrogens (tertiary/aromatic N) is 15. The highest BCUT2D eigenvalue weighted by Crippen LogP contribution is 2.27. The third kappa shape index (κ3) is 13.9. The Labute approximate surface area is 475 Å². The van der Waals surface area contributed by atoms with E-state index in [4.69, 9.17) is 51.9 Å². The molecule has 0 bridgehead atoms. The van der Waals surface area contributed by atoms with Gasteiger partial charge in [-0.25, -0.2) is 0 Å². The standard InChI is InChI=1S/C20H22N6O2.C17H15ClN6O.C17H16N6O2.C3H8O/c1-3-9-27-12-16-6-4-5-15(23-16)10-14-11-22-26-18(14)24-20(21)25-19(26)17-8-7-13(2)28-17;1-10-5-6-14(25-10)16-23-17(19)22-15-11(9-20-24(15)16)7-12-3-2-4-13(8-18)21-12;1-10-5-6-14(25-10)16-22-17(18)21-15-11(8-19-23(15)16)7-12-3-2-4-13(9-24)20-12;1-2-3-4/h4-8,11H,3,9-10,12H2,1-2H3,(H2,21,24);2-6,9H,7-8H2,1H3,(H2,19,22);2-6,8,24H,7,9H2,1H3,(H2,18,21);4H,2-3H2,1H3. The third-order valence-electron chi connectivity index (χ3n) is 12.1. The number of aromatic nitrogens is 15. The van der Waals surface area contributed by atoms with Crippen molar-refractivity contribution in [3.05, 3.63) is 178 Å². The molecule has 0 amide bonds. The number of aliphatic hydroxyl groups excluding tert-OH is 2. The molecule has 0 aliphatic carbocycles. The highest BCUT2D eigenvalue weighted by molar-refractivity contribution is 6.16. The molecule has 422 valence electrons. The minimum atomic E-state index is -0.0975. The average Bonchev–Trinajstić information content (AvgIpc) is 4.41. The maximum absolute atomic E-state index is 9.23. The zero-order chi connectivity index (χ0) is 57.7. The van der Waals surface area contributed by atoms with Crippen LogP contribution in [0.15, 0.2) is 123 Å². The van der Waals surface area contributed by atoms with E-state index in [1.165, 1.54) is 0 Å². The van der Waals surface area contributed by atoms with Gasteiger partial charge in [0.2, 0.25) is 35.3 Å². The first-order valence-corrected chi connectivity index (χ1v) is 26.8. The molecule has 24 nitrogen and oxygen atoms in total. The molecule has 0 aromatic carbocycles. The molecular formula is C57H61ClN18O6. The number of rotatable bonds is 16. The summed E-state index contributed by atoms with van der Waals surface area (Å²) in [5, 5.41) is 30.3. The number of ether oxygens (including phenoxy) is 1. The minimum absolute atomic E-state index is 0.0975. The summed E-state index contributed by atoms with van der Waals surface area (Å²) in [6.07, 6.45) is 8.77. The van der Waals surface area contributed by atoms with Crippen LogP contribution in [0, 0.1) is 20.8 Å². The summed E-state index contributed by atoms with van der Waals surface area (Å²) in [7, 11) is 0. The summed E-state index contributed by atoms with van der Waals surface area (Å²) in [6, 6.07) is 28.3. The van der Waals surface area contributed by atoms with Crippen LogP contribution in [-0.2, 0) is 43.1 Å². The average molecular weight is 1130 g/mol. The zero-order valence-electron chi connectivity index (χ0n) is 45.8. The fraction of sp³-hybridized carbons (Fsp3) is 0.263. The van der Waals surface area contributed by atoms with Crippen molar-refractivity contribution in [3.8, 4) is 34.8 Å². The van der Waals surface area contributed by atoms with Crippen LogP contribution < -0.4 is 17.2 Å². The lowest BCUT2D eigenvalue weighted by atomic mass is 10.1. The van der Waals surface area contributed by atoms with Gasteiger partial charge in [-0.2, -0.15) is 58.7 Å². The second kappa shape index (κ2) is 26.6. The van der Waals surface area contributed by atoms with Gasteiger partial charge in [-0.15, -0.1) is 11.6 Å². The molecule has 0 unspecified atom stereocenters. The molecule has 12 rings (SSSR count). The number of nitrogen functional groups attached to an aromatic ring is 3. The number of nitrogens with two attached hydrogens (primary N) is 3. The summed E-state index contributed by atoms with van der Waals surface area (Å²) in [5.74, 6) is 6.52. The number of furan rings is 3. The van der Waals surface area contributed by atoms with Crippen LogP contribution in [-0.4, -0.2) is 97.1 Å². The van der Waals surface area contributed by atoms with Crippen LogP contribution in [0.3, 0.4) is 0 Å². The molecule has 0 saturated heterocycles. The number of pyridine rings is 3. The molecule has 0 saturated carbocycles. The van der Waals surface area contributed by atoms with E-state index in [2.05, 4.69) is 67.1 Å². The van der Waals surface area contributed by atoms with Crippen molar-refractivity contribution in [1.82, 2.24) is 73.7 Å². The smallest absolute Gasteiger partial charge is 0.224 e. The Morgan fingerprint density at radius 3 is 1.16 bits per heavy atom. The predicted molar refractivity (Wildman–Crippen MR) is 307 cm³/mol. The maximum atomic E-state index is 9.23. The van der Waals surface area contributed by atoms with Crippen molar-refractivity contribution >= 4 is 46.4 Å². The summed E-state index contributed by atoms with van der Waals surface area (Å²) < 4.78 is 27.5. The molecule has 82 heavy (non-hydrogen) atoms. The Hall–Kier alpha value is -9.49. The Morgan fingerprint density at radius 1 is 0.463 bits per heavy atom. The second-order valence-electron chi connectivity index (χ2n) is 18.6. The van der Waals surface area contributed by atoms with Crippen LogP contribution in [0.5, 0.6) is 0 Å². The molecule has 12 heterocycles. The fourth-order valence-electron chi connectivity index (χ4n) is 8.37. The summed E-state index contributed by atoms with van der Waals surface area (Å²) >= 11 is 5.86. The number of halogens is 1. The number of hydrogen-bond donors (Lipinski definition) is 5. The van der Waals surface area contributed by atoms with E-state index in [9.17, 15) is 5.11 Å². The van der Waals surface area contributed by atoms with Crippen molar-refractivity contribution in [2.75, 3.05) is 30.4 Å². The maximum Gasteiger partial charge on any atom is 0.224 e. The molecule has 8 N–H and O–H groups in total. The molecule has 0 spiro atoms. The molecule has 0 aliphatic heterocycles. The van der Waals surface area contributed by atoms with E-state index < -0.39 is 0 Å². The van der Waals surface area contributed by atoms with Crippen LogP contribution in [0.2, 0.25) is 0 Å². The minimum Gasteiger partial charge on any atom is -0.458 e. The molecule has 25 heteroatoms. The van der Waals surface area contributed by atoms with Crippen molar-refractivity contribution in [2.24, 2.45) is 0 Å². The van der Waals surface area contributed by atoms with Gasteiger partial charge in [0.05, 0.1) is 54.8 Å². The number of hydrogen-bond acceptors (Lipinski definition) is 21. The molecule has 0 radical (unpaired) electrons. The summed E-state index contributed by atoms with van der Waals surface area (Å²) in [6.45, 7) is 11.1. The molecule has 0 aliphatic rings. The normalized spacial score (nSPS) is 11.1. The van der Waals surface area contributed by atoms with E-state index in [0.29, 0.717) is 95.7 Å².